The largest absolute Gasteiger partial charge is 0.395 e. The Balaban J connectivity index is 2.09. The third-order valence-electron chi connectivity index (χ3n) is 3.42. The topological polar surface area (TPSA) is 86.9 Å². The number of nitrogens with zero attached hydrogens (tertiary/aromatic N) is 3. The molecule has 8 heteroatoms. The van der Waals surface area contributed by atoms with Crippen LogP contribution in [0.1, 0.15) is 10.4 Å². The van der Waals surface area contributed by atoms with Crippen LogP contribution in [0, 0.1) is 15.9 Å². The van der Waals surface area contributed by atoms with Gasteiger partial charge in [0.1, 0.15) is 5.82 Å². The summed E-state index contributed by atoms with van der Waals surface area (Å²) < 4.78 is 13.4. The molecule has 1 heterocycles. The van der Waals surface area contributed by atoms with Crippen LogP contribution >= 0.6 is 0 Å². The maximum absolute atomic E-state index is 13.4. The lowest BCUT2D eigenvalue weighted by molar-refractivity contribution is -0.385. The van der Waals surface area contributed by atoms with Gasteiger partial charge in [0.15, 0.2) is 0 Å². The Hall–Kier alpha value is -2.06. The van der Waals surface area contributed by atoms with E-state index in [-0.39, 0.29) is 12.2 Å². The van der Waals surface area contributed by atoms with E-state index in [2.05, 4.69) is 0 Å². The molecule has 0 aromatic heterocycles. The third-order valence-corrected chi connectivity index (χ3v) is 3.42. The average Bonchev–Trinajstić information content (AvgIpc) is 2.47. The number of carbonyl (C=O) groups excluding carboxylic acids is 1. The van der Waals surface area contributed by atoms with Crippen LogP contribution in [-0.4, -0.2) is 65.1 Å². The van der Waals surface area contributed by atoms with E-state index in [1.807, 2.05) is 4.90 Å². The van der Waals surface area contributed by atoms with E-state index in [0.717, 1.165) is 18.2 Å². The Morgan fingerprint density at radius 3 is 2.52 bits per heavy atom. The Labute approximate surface area is 120 Å². The third kappa shape index (κ3) is 3.73. The Morgan fingerprint density at radius 2 is 1.95 bits per heavy atom. The van der Waals surface area contributed by atoms with Crippen LogP contribution in [0.25, 0.3) is 0 Å². The van der Waals surface area contributed by atoms with Gasteiger partial charge in [-0.15, -0.1) is 0 Å². The quantitative estimate of drug-likeness (QED) is 0.645. The molecule has 0 bridgehead atoms. The summed E-state index contributed by atoms with van der Waals surface area (Å²) in [4.78, 5) is 25.8. The van der Waals surface area contributed by atoms with Gasteiger partial charge in [-0.05, 0) is 6.07 Å². The van der Waals surface area contributed by atoms with Crippen LogP contribution in [0.2, 0.25) is 0 Å². The number of rotatable bonds is 4. The molecule has 1 aromatic carbocycles. The van der Waals surface area contributed by atoms with Gasteiger partial charge in [-0.2, -0.15) is 0 Å². The summed E-state index contributed by atoms with van der Waals surface area (Å²) >= 11 is 0. The second-order valence-electron chi connectivity index (χ2n) is 4.81. The van der Waals surface area contributed by atoms with E-state index in [1.54, 1.807) is 0 Å². The van der Waals surface area contributed by atoms with Crippen LogP contribution in [0.4, 0.5) is 10.1 Å². The summed E-state index contributed by atoms with van der Waals surface area (Å²) in [5, 5.41) is 19.6. The minimum atomic E-state index is -0.800. The van der Waals surface area contributed by atoms with E-state index in [4.69, 9.17) is 5.11 Å². The maximum atomic E-state index is 13.4. The number of hydrogen-bond acceptors (Lipinski definition) is 5. The van der Waals surface area contributed by atoms with Crippen molar-refractivity contribution in [2.24, 2.45) is 0 Å². The summed E-state index contributed by atoms with van der Waals surface area (Å²) in [6, 6.07) is 2.89. The molecule has 1 saturated heterocycles. The molecular weight excluding hydrogens is 281 g/mol. The normalized spacial score (nSPS) is 16.0. The maximum Gasteiger partial charge on any atom is 0.273 e. The molecule has 1 aliphatic rings. The van der Waals surface area contributed by atoms with E-state index >= 15 is 0 Å². The monoisotopic (exact) mass is 297 g/mol. The second kappa shape index (κ2) is 6.59. The van der Waals surface area contributed by atoms with E-state index in [1.165, 1.54) is 4.90 Å². The van der Waals surface area contributed by atoms with Gasteiger partial charge in [0.05, 0.1) is 17.6 Å². The zero-order valence-electron chi connectivity index (χ0n) is 11.4. The Morgan fingerprint density at radius 1 is 1.29 bits per heavy atom. The molecule has 21 heavy (non-hydrogen) atoms. The van der Waals surface area contributed by atoms with Gasteiger partial charge in [-0.1, -0.05) is 0 Å². The zero-order chi connectivity index (χ0) is 15.4. The fourth-order valence-corrected chi connectivity index (χ4v) is 2.30. The minimum absolute atomic E-state index is 0.0164. The van der Waals surface area contributed by atoms with E-state index < -0.39 is 22.3 Å². The Bertz CT molecular complexity index is 544. The molecule has 1 aromatic rings. The van der Waals surface area contributed by atoms with Gasteiger partial charge in [-0.3, -0.25) is 19.8 Å². The molecule has 0 saturated carbocycles. The van der Waals surface area contributed by atoms with Crippen molar-refractivity contribution in [1.82, 2.24) is 9.80 Å². The number of β-amino-alcohol motifs (C(OH)–C–C–N with tert-alkyl or cyclic N) is 1. The molecule has 1 N–H and O–H groups in total. The van der Waals surface area contributed by atoms with Gasteiger partial charge >= 0.3 is 0 Å². The second-order valence-corrected chi connectivity index (χ2v) is 4.81. The van der Waals surface area contributed by atoms with E-state index in [9.17, 15) is 19.3 Å². The molecule has 7 nitrogen and oxygen atoms in total. The predicted molar refractivity (Wildman–Crippen MR) is 72.5 cm³/mol. The van der Waals surface area contributed by atoms with Crippen LogP contribution in [0.15, 0.2) is 18.2 Å². The molecule has 0 spiro atoms. The van der Waals surface area contributed by atoms with Crippen LogP contribution in [0.5, 0.6) is 0 Å². The summed E-state index contributed by atoms with van der Waals surface area (Å²) in [6.07, 6.45) is 0. The number of non-ortho nitro benzene ring substituents is 1. The Kier molecular flexibility index (Phi) is 4.81. The highest BCUT2D eigenvalue weighted by molar-refractivity contribution is 5.95. The SMILES string of the molecule is O=C(c1cc(F)cc([N+](=O)[O-])c1)N1CCN(CCO)CC1. The number of aliphatic hydroxyl groups is 1. The smallest absolute Gasteiger partial charge is 0.273 e. The zero-order valence-corrected chi connectivity index (χ0v) is 11.4. The molecule has 0 unspecified atom stereocenters. The molecular formula is C13H16FN3O4. The highest BCUT2D eigenvalue weighted by atomic mass is 19.1. The van der Waals surface area contributed by atoms with Crippen molar-refractivity contribution >= 4 is 11.6 Å². The molecule has 0 radical (unpaired) electrons. The molecule has 114 valence electrons. The molecule has 0 aliphatic carbocycles. The lowest BCUT2D eigenvalue weighted by Gasteiger charge is -2.34. The molecule has 1 amide bonds. The van der Waals surface area contributed by atoms with E-state index in [0.29, 0.717) is 32.7 Å². The highest BCUT2D eigenvalue weighted by Gasteiger charge is 2.23. The predicted octanol–water partition coefficient (Wildman–Crippen LogP) is 0.484. The number of aliphatic hydroxyl groups excluding tert-OH is 1. The number of piperazine rings is 1. The number of hydrogen-bond donors (Lipinski definition) is 1. The number of nitro benzene ring substituents is 1. The van der Waals surface area contributed by atoms with Gasteiger partial charge < -0.3 is 10.0 Å². The van der Waals surface area contributed by atoms with Crippen molar-refractivity contribution < 1.29 is 19.2 Å². The first-order chi connectivity index (χ1) is 10.0. The number of benzene rings is 1. The van der Waals surface area contributed by atoms with Crippen LogP contribution < -0.4 is 0 Å². The van der Waals surface area contributed by atoms with Gasteiger partial charge in [-0.25, -0.2) is 4.39 Å². The summed E-state index contributed by atoms with van der Waals surface area (Å²) in [6.45, 7) is 2.73. The van der Waals surface area contributed by atoms with Gasteiger partial charge in [0.2, 0.25) is 0 Å². The van der Waals surface area contributed by atoms with Crippen molar-refractivity contribution in [3.05, 3.63) is 39.7 Å². The first-order valence-corrected chi connectivity index (χ1v) is 6.58. The van der Waals surface area contributed by atoms with Crippen molar-refractivity contribution in [2.45, 2.75) is 0 Å². The van der Waals surface area contributed by atoms with Crippen molar-refractivity contribution in [3.8, 4) is 0 Å². The first-order valence-electron chi connectivity index (χ1n) is 6.58. The van der Waals surface area contributed by atoms with Gasteiger partial charge in [0.25, 0.3) is 11.6 Å². The standard InChI is InChI=1S/C13H16FN3O4/c14-11-7-10(8-12(9-11)17(20)21)13(19)16-3-1-15(2-4-16)5-6-18/h7-9,18H,1-6H2. The number of halogens is 1. The average molecular weight is 297 g/mol. The minimum Gasteiger partial charge on any atom is -0.395 e. The fraction of sp³-hybridized carbons (Fsp3) is 0.462. The number of nitro groups is 1. The fourth-order valence-electron chi connectivity index (χ4n) is 2.30. The first kappa shape index (κ1) is 15.3. The highest BCUT2D eigenvalue weighted by Crippen LogP contribution is 2.18. The molecule has 1 aliphatic heterocycles. The lowest BCUT2D eigenvalue weighted by Crippen LogP contribution is -2.49. The van der Waals surface area contributed by atoms with Crippen LogP contribution in [0.3, 0.4) is 0 Å². The summed E-state index contributed by atoms with van der Waals surface area (Å²) in [7, 11) is 0. The number of amides is 1. The van der Waals surface area contributed by atoms with Crippen molar-refractivity contribution in [2.75, 3.05) is 39.3 Å². The van der Waals surface area contributed by atoms with Crippen molar-refractivity contribution in [1.29, 1.82) is 0 Å². The van der Waals surface area contributed by atoms with Gasteiger partial charge in [0, 0.05) is 44.4 Å². The lowest BCUT2D eigenvalue weighted by atomic mass is 10.1. The molecule has 1 fully saturated rings. The summed E-state index contributed by atoms with van der Waals surface area (Å²) in [5.74, 6) is -1.22. The van der Waals surface area contributed by atoms with Crippen molar-refractivity contribution in [3.63, 3.8) is 0 Å². The number of carbonyl (C=O) groups is 1. The summed E-state index contributed by atoms with van der Waals surface area (Å²) in [5.41, 5.74) is -0.449. The molecule has 2 rings (SSSR count). The molecule has 0 atom stereocenters. The van der Waals surface area contributed by atoms with Crippen LogP contribution in [-0.2, 0) is 0 Å².